The molecule has 0 aliphatic rings. The maximum absolute atomic E-state index is 5.95. The van der Waals surface area contributed by atoms with Crippen molar-refractivity contribution in [1.82, 2.24) is 9.97 Å². The highest BCUT2D eigenvalue weighted by atomic mass is 16.5. The molecular weight excluding hydrogens is 384 g/mol. The average Bonchev–Trinajstić information content (AvgIpc) is 2.80. The number of fused-ring (bicyclic) bond motifs is 3. The molecule has 0 saturated heterocycles. The fourth-order valence-corrected chi connectivity index (χ4v) is 3.89. The summed E-state index contributed by atoms with van der Waals surface area (Å²) in [6.07, 6.45) is 15.7. The van der Waals surface area contributed by atoms with Crippen LogP contribution in [0.15, 0.2) is 36.5 Å². The molecule has 0 amide bonds. The van der Waals surface area contributed by atoms with Gasteiger partial charge in [0.15, 0.2) is 5.65 Å². The average molecular weight is 423 g/mol. The van der Waals surface area contributed by atoms with Gasteiger partial charge in [-0.05, 0) is 42.5 Å². The number of hydrogen-bond acceptors (Lipinski definition) is 4. The highest BCUT2D eigenvalue weighted by Gasteiger charge is 2.07. The molecular formula is C27H38N2O2. The standard InChI is InChI=1S/C27H38N2O2/c1-3-5-7-9-11-13-19-31-26-17-16-25-24-15-14-23(30-18-12-10-8-6-4-2)20-22(24)21-28-27(25)29-26/h14-17,20-21H,3-13,18-19H2,1-2H3. The fourth-order valence-electron chi connectivity index (χ4n) is 3.89. The third-order valence-corrected chi connectivity index (χ3v) is 5.75. The zero-order valence-electron chi connectivity index (χ0n) is 19.4. The summed E-state index contributed by atoms with van der Waals surface area (Å²) in [7, 11) is 0. The van der Waals surface area contributed by atoms with E-state index in [1.165, 1.54) is 57.8 Å². The van der Waals surface area contributed by atoms with Gasteiger partial charge in [0, 0.05) is 23.0 Å². The molecule has 4 nitrogen and oxygen atoms in total. The van der Waals surface area contributed by atoms with Crippen molar-refractivity contribution in [3.05, 3.63) is 36.5 Å². The van der Waals surface area contributed by atoms with Crippen LogP contribution in [0.2, 0.25) is 0 Å². The molecule has 0 bridgehead atoms. The molecule has 3 aromatic rings. The molecule has 0 unspecified atom stereocenters. The van der Waals surface area contributed by atoms with Crippen molar-refractivity contribution in [1.29, 1.82) is 0 Å². The van der Waals surface area contributed by atoms with Gasteiger partial charge in [-0.2, -0.15) is 4.98 Å². The van der Waals surface area contributed by atoms with Gasteiger partial charge in [-0.25, -0.2) is 4.98 Å². The van der Waals surface area contributed by atoms with E-state index in [1.54, 1.807) is 0 Å². The first-order valence-corrected chi connectivity index (χ1v) is 12.3. The minimum atomic E-state index is 0.663. The Kier molecular flexibility index (Phi) is 9.88. The van der Waals surface area contributed by atoms with Crippen molar-refractivity contribution < 1.29 is 9.47 Å². The molecule has 2 aromatic heterocycles. The maximum Gasteiger partial charge on any atom is 0.215 e. The zero-order chi connectivity index (χ0) is 21.7. The fraction of sp³-hybridized carbons (Fsp3) is 0.556. The van der Waals surface area contributed by atoms with Crippen LogP contribution in [-0.2, 0) is 0 Å². The molecule has 1 aromatic carbocycles. The van der Waals surface area contributed by atoms with Crippen molar-refractivity contribution >= 4 is 21.8 Å². The summed E-state index contributed by atoms with van der Waals surface area (Å²) in [4.78, 5) is 9.19. The van der Waals surface area contributed by atoms with Crippen LogP contribution < -0.4 is 9.47 Å². The molecule has 4 heteroatoms. The minimum Gasteiger partial charge on any atom is -0.494 e. The smallest absolute Gasteiger partial charge is 0.215 e. The van der Waals surface area contributed by atoms with E-state index in [2.05, 4.69) is 48.1 Å². The number of rotatable bonds is 15. The van der Waals surface area contributed by atoms with E-state index < -0.39 is 0 Å². The van der Waals surface area contributed by atoms with Gasteiger partial charge >= 0.3 is 0 Å². The van der Waals surface area contributed by atoms with E-state index in [4.69, 9.17) is 9.47 Å². The molecule has 168 valence electrons. The normalized spacial score (nSPS) is 11.3. The van der Waals surface area contributed by atoms with Gasteiger partial charge in [-0.15, -0.1) is 0 Å². The first-order valence-electron chi connectivity index (χ1n) is 12.3. The lowest BCUT2D eigenvalue weighted by atomic mass is 10.1. The Morgan fingerprint density at radius 1 is 0.677 bits per heavy atom. The lowest BCUT2D eigenvalue weighted by Gasteiger charge is -2.09. The monoisotopic (exact) mass is 422 g/mol. The van der Waals surface area contributed by atoms with Crippen LogP contribution in [0.25, 0.3) is 21.8 Å². The highest BCUT2D eigenvalue weighted by molar-refractivity contribution is 6.04. The van der Waals surface area contributed by atoms with E-state index in [-0.39, 0.29) is 0 Å². The largest absolute Gasteiger partial charge is 0.494 e. The molecule has 2 heterocycles. The summed E-state index contributed by atoms with van der Waals surface area (Å²) in [5.74, 6) is 1.58. The molecule has 0 atom stereocenters. The van der Waals surface area contributed by atoms with Gasteiger partial charge in [-0.1, -0.05) is 71.6 Å². The topological polar surface area (TPSA) is 44.2 Å². The summed E-state index contributed by atoms with van der Waals surface area (Å²) in [6.45, 7) is 5.98. The van der Waals surface area contributed by atoms with Crippen LogP contribution >= 0.6 is 0 Å². The van der Waals surface area contributed by atoms with Crippen molar-refractivity contribution in [3.8, 4) is 11.6 Å². The van der Waals surface area contributed by atoms with Gasteiger partial charge in [0.25, 0.3) is 0 Å². The van der Waals surface area contributed by atoms with Crippen LogP contribution in [0.1, 0.15) is 84.5 Å². The Morgan fingerprint density at radius 2 is 1.32 bits per heavy atom. The number of aromatic nitrogens is 2. The van der Waals surface area contributed by atoms with Crippen molar-refractivity contribution in [2.75, 3.05) is 13.2 Å². The van der Waals surface area contributed by atoms with Crippen molar-refractivity contribution in [3.63, 3.8) is 0 Å². The number of benzene rings is 1. The predicted octanol–water partition coefficient (Wildman–Crippen LogP) is 7.87. The predicted molar refractivity (Wildman–Crippen MR) is 130 cm³/mol. The number of pyridine rings is 2. The molecule has 0 N–H and O–H groups in total. The van der Waals surface area contributed by atoms with Gasteiger partial charge in [0.05, 0.1) is 13.2 Å². The highest BCUT2D eigenvalue weighted by Crippen LogP contribution is 2.27. The molecule has 0 aliphatic heterocycles. The van der Waals surface area contributed by atoms with E-state index in [9.17, 15) is 0 Å². The zero-order valence-corrected chi connectivity index (χ0v) is 19.4. The Balaban J connectivity index is 1.54. The summed E-state index contributed by atoms with van der Waals surface area (Å²) in [5, 5.41) is 3.28. The first kappa shape index (κ1) is 23.3. The molecule has 0 fully saturated rings. The summed E-state index contributed by atoms with van der Waals surface area (Å²) in [5.41, 5.74) is 0.734. The van der Waals surface area contributed by atoms with Gasteiger partial charge in [-0.3, -0.25) is 0 Å². The first-order chi connectivity index (χ1) is 15.3. The van der Waals surface area contributed by atoms with Gasteiger partial charge in [0.1, 0.15) is 5.75 Å². The Bertz CT molecular complexity index is 926. The minimum absolute atomic E-state index is 0.663. The van der Waals surface area contributed by atoms with E-state index >= 15 is 0 Å². The van der Waals surface area contributed by atoms with E-state index in [0.717, 1.165) is 53.6 Å². The number of hydrogen-bond donors (Lipinski definition) is 0. The van der Waals surface area contributed by atoms with Crippen LogP contribution in [0, 0.1) is 0 Å². The summed E-state index contributed by atoms with van der Waals surface area (Å²) in [6, 6.07) is 10.3. The van der Waals surface area contributed by atoms with Crippen LogP contribution in [0.3, 0.4) is 0 Å². The second-order valence-electron chi connectivity index (χ2n) is 8.41. The SMILES string of the molecule is CCCCCCCCOc1ccc2c(ncc3cc(OCCCCCCC)ccc32)n1. The number of ether oxygens (including phenoxy) is 2. The molecule has 0 spiro atoms. The quantitative estimate of drug-likeness (QED) is 0.185. The Labute approximate surface area is 187 Å². The molecule has 0 saturated carbocycles. The van der Waals surface area contributed by atoms with Crippen molar-refractivity contribution in [2.45, 2.75) is 84.5 Å². The molecule has 0 radical (unpaired) electrons. The molecule has 0 aliphatic carbocycles. The van der Waals surface area contributed by atoms with Gasteiger partial charge < -0.3 is 9.47 Å². The van der Waals surface area contributed by atoms with Crippen molar-refractivity contribution in [2.24, 2.45) is 0 Å². The molecule has 3 rings (SSSR count). The van der Waals surface area contributed by atoms with Gasteiger partial charge in [0.2, 0.25) is 5.88 Å². The van der Waals surface area contributed by atoms with Crippen LogP contribution in [0.5, 0.6) is 11.6 Å². The maximum atomic E-state index is 5.95. The number of unbranched alkanes of at least 4 members (excludes halogenated alkanes) is 9. The Morgan fingerprint density at radius 3 is 2.06 bits per heavy atom. The molecule has 31 heavy (non-hydrogen) atoms. The van der Waals surface area contributed by atoms with E-state index in [0.29, 0.717) is 5.88 Å². The summed E-state index contributed by atoms with van der Waals surface area (Å²) < 4.78 is 11.8. The van der Waals surface area contributed by atoms with Crippen LogP contribution in [-0.4, -0.2) is 23.2 Å². The second kappa shape index (κ2) is 13.1. The summed E-state index contributed by atoms with van der Waals surface area (Å²) >= 11 is 0. The lowest BCUT2D eigenvalue weighted by molar-refractivity contribution is 0.294. The number of nitrogens with zero attached hydrogens (tertiary/aromatic N) is 2. The third kappa shape index (κ3) is 7.37. The Hall–Kier alpha value is -2.36. The second-order valence-corrected chi connectivity index (χ2v) is 8.41. The third-order valence-electron chi connectivity index (χ3n) is 5.75. The lowest BCUT2D eigenvalue weighted by Crippen LogP contribution is -2.00. The van der Waals surface area contributed by atoms with Crippen LogP contribution in [0.4, 0.5) is 0 Å². The van der Waals surface area contributed by atoms with E-state index in [1.807, 2.05) is 12.3 Å².